The summed E-state index contributed by atoms with van der Waals surface area (Å²) in [5.41, 5.74) is 7.51. The minimum Gasteiger partial charge on any atom is -0.352 e. The van der Waals surface area contributed by atoms with Gasteiger partial charge in [-0.15, -0.1) is 0 Å². The Bertz CT molecular complexity index is 928. The lowest BCUT2D eigenvalue weighted by Gasteiger charge is -2.24. The van der Waals surface area contributed by atoms with Crippen LogP contribution in [-0.2, 0) is 16.4 Å². The number of hydrogen-bond acceptors (Lipinski definition) is 4. The Labute approximate surface area is 160 Å². The van der Waals surface area contributed by atoms with Crippen LogP contribution in [0.25, 0.3) is 0 Å². The molecule has 0 fully saturated rings. The van der Waals surface area contributed by atoms with E-state index in [0.717, 1.165) is 18.4 Å². The van der Waals surface area contributed by atoms with Crippen molar-refractivity contribution < 1.29 is 13.2 Å². The second kappa shape index (κ2) is 8.10. The number of nitrogens with one attached hydrogen (secondary N) is 1. The van der Waals surface area contributed by atoms with Gasteiger partial charge in [-0.1, -0.05) is 24.3 Å². The summed E-state index contributed by atoms with van der Waals surface area (Å²) in [7, 11) is -3.75. The predicted molar refractivity (Wildman–Crippen MR) is 106 cm³/mol. The van der Waals surface area contributed by atoms with Gasteiger partial charge in [0, 0.05) is 18.2 Å². The molecule has 0 radical (unpaired) electrons. The van der Waals surface area contributed by atoms with E-state index in [1.165, 1.54) is 16.4 Å². The second-order valence-corrected chi connectivity index (χ2v) is 8.58. The zero-order valence-corrected chi connectivity index (χ0v) is 16.2. The molecule has 144 valence electrons. The summed E-state index contributed by atoms with van der Waals surface area (Å²) in [4.78, 5) is 12.4. The van der Waals surface area contributed by atoms with Gasteiger partial charge in [-0.2, -0.15) is 0 Å². The largest absolute Gasteiger partial charge is 0.352 e. The van der Waals surface area contributed by atoms with Crippen molar-refractivity contribution >= 4 is 21.6 Å². The molecule has 3 N–H and O–H groups in total. The van der Waals surface area contributed by atoms with Gasteiger partial charge in [0.1, 0.15) is 0 Å². The monoisotopic (exact) mass is 387 g/mol. The van der Waals surface area contributed by atoms with Crippen LogP contribution in [-0.4, -0.2) is 33.5 Å². The van der Waals surface area contributed by atoms with Gasteiger partial charge >= 0.3 is 0 Å². The number of carbonyl (C=O) groups is 1. The molecule has 7 heteroatoms. The van der Waals surface area contributed by atoms with E-state index in [1.807, 2.05) is 31.2 Å². The Hall–Kier alpha value is -2.38. The highest BCUT2D eigenvalue weighted by Gasteiger charge is 2.36. The Morgan fingerprint density at radius 3 is 2.74 bits per heavy atom. The maximum absolute atomic E-state index is 13.3. The molecule has 6 nitrogen and oxygen atoms in total. The van der Waals surface area contributed by atoms with Gasteiger partial charge < -0.3 is 11.1 Å². The number of nitrogens with two attached hydrogens (primary N) is 1. The van der Waals surface area contributed by atoms with Crippen molar-refractivity contribution in [3.05, 3.63) is 59.7 Å². The molecule has 1 amide bonds. The average Bonchev–Trinajstić information content (AvgIpc) is 3.01. The first-order chi connectivity index (χ1) is 12.9. The number of para-hydroxylation sites is 1. The van der Waals surface area contributed by atoms with Crippen LogP contribution in [0.3, 0.4) is 0 Å². The van der Waals surface area contributed by atoms with Crippen LogP contribution in [0.5, 0.6) is 0 Å². The van der Waals surface area contributed by atoms with E-state index in [9.17, 15) is 13.2 Å². The van der Waals surface area contributed by atoms with E-state index in [1.54, 1.807) is 12.1 Å². The molecule has 1 aliphatic heterocycles. The lowest BCUT2D eigenvalue weighted by atomic mass is 10.1. The maximum Gasteiger partial charge on any atom is 0.264 e. The van der Waals surface area contributed by atoms with Gasteiger partial charge in [0.15, 0.2) is 0 Å². The summed E-state index contributed by atoms with van der Waals surface area (Å²) in [6.45, 7) is 2.99. The average molecular weight is 388 g/mol. The van der Waals surface area contributed by atoms with Crippen LogP contribution in [0.1, 0.15) is 35.7 Å². The standard InChI is InChI=1S/C20H25N3O3S/c1-15-13-16-7-2-3-10-19(16)23(15)27(25,26)18-9-6-8-17(14-18)20(24)22-12-5-4-11-21/h2-3,6-10,14-15H,4-5,11-13,21H2,1H3,(H,22,24). The highest BCUT2D eigenvalue weighted by molar-refractivity contribution is 7.92. The SMILES string of the molecule is CC1Cc2ccccc2N1S(=O)(=O)c1cccc(C(=O)NCCCCN)c1. The van der Waals surface area contributed by atoms with Crippen molar-refractivity contribution in [3.63, 3.8) is 0 Å². The van der Waals surface area contributed by atoms with Gasteiger partial charge in [0.2, 0.25) is 0 Å². The predicted octanol–water partition coefficient (Wildman–Crippen LogP) is 2.30. The smallest absolute Gasteiger partial charge is 0.264 e. The van der Waals surface area contributed by atoms with Crippen molar-refractivity contribution in [2.75, 3.05) is 17.4 Å². The molecule has 0 saturated heterocycles. The fraction of sp³-hybridized carbons (Fsp3) is 0.350. The van der Waals surface area contributed by atoms with Crippen molar-refractivity contribution in [3.8, 4) is 0 Å². The number of nitrogens with zero attached hydrogens (tertiary/aromatic N) is 1. The van der Waals surface area contributed by atoms with Gasteiger partial charge in [-0.05, 0) is 62.6 Å². The van der Waals surface area contributed by atoms with Crippen LogP contribution in [0.2, 0.25) is 0 Å². The summed E-state index contributed by atoms with van der Waals surface area (Å²) in [6.07, 6.45) is 2.31. The number of sulfonamides is 1. The van der Waals surface area contributed by atoms with Crippen LogP contribution in [0.4, 0.5) is 5.69 Å². The van der Waals surface area contributed by atoms with E-state index >= 15 is 0 Å². The molecule has 0 aromatic heterocycles. The Morgan fingerprint density at radius 1 is 1.19 bits per heavy atom. The number of hydrogen-bond donors (Lipinski definition) is 2. The molecule has 1 unspecified atom stereocenters. The van der Waals surface area contributed by atoms with Crippen molar-refractivity contribution in [1.82, 2.24) is 5.32 Å². The normalized spacial score (nSPS) is 16.2. The van der Waals surface area contributed by atoms with Crippen molar-refractivity contribution in [2.45, 2.75) is 37.1 Å². The van der Waals surface area contributed by atoms with Crippen LogP contribution >= 0.6 is 0 Å². The fourth-order valence-corrected chi connectivity index (χ4v) is 5.13. The van der Waals surface area contributed by atoms with Gasteiger partial charge in [-0.25, -0.2) is 8.42 Å². The number of benzene rings is 2. The molecule has 2 aromatic rings. The maximum atomic E-state index is 13.3. The van der Waals surface area contributed by atoms with E-state index in [2.05, 4.69) is 5.32 Å². The first-order valence-corrected chi connectivity index (χ1v) is 10.6. The third-order valence-corrected chi connectivity index (χ3v) is 6.64. The molecule has 27 heavy (non-hydrogen) atoms. The van der Waals surface area contributed by atoms with Gasteiger partial charge in [0.05, 0.1) is 10.6 Å². The molecule has 1 atom stereocenters. The fourth-order valence-electron chi connectivity index (χ4n) is 3.39. The van der Waals surface area contributed by atoms with E-state index < -0.39 is 10.0 Å². The zero-order valence-electron chi connectivity index (χ0n) is 15.4. The van der Waals surface area contributed by atoms with E-state index in [4.69, 9.17) is 5.73 Å². The third-order valence-electron chi connectivity index (χ3n) is 4.71. The Morgan fingerprint density at radius 2 is 1.96 bits per heavy atom. The number of amides is 1. The summed E-state index contributed by atoms with van der Waals surface area (Å²) < 4.78 is 28.0. The number of anilines is 1. The quantitative estimate of drug-likeness (QED) is 0.713. The molecule has 3 rings (SSSR count). The molecular weight excluding hydrogens is 362 g/mol. The summed E-state index contributed by atoms with van der Waals surface area (Å²) in [6, 6.07) is 13.6. The molecule has 0 saturated carbocycles. The van der Waals surface area contributed by atoms with Gasteiger partial charge in [0.25, 0.3) is 15.9 Å². The highest BCUT2D eigenvalue weighted by atomic mass is 32.2. The minimum atomic E-state index is -3.75. The van der Waals surface area contributed by atoms with Crippen LogP contribution < -0.4 is 15.4 Å². The zero-order chi connectivity index (χ0) is 19.4. The summed E-state index contributed by atoms with van der Waals surface area (Å²) in [5.74, 6) is -0.279. The van der Waals surface area contributed by atoms with Crippen molar-refractivity contribution in [2.24, 2.45) is 5.73 Å². The summed E-state index contributed by atoms with van der Waals surface area (Å²) in [5, 5.41) is 2.80. The van der Waals surface area contributed by atoms with Crippen LogP contribution in [0, 0.1) is 0 Å². The van der Waals surface area contributed by atoms with Crippen molar-refractivity contribution in [1.29, 1.82) is 0 Å². The third kappa shape index (κ3) is 3.99. The molecule has 0 spiro atoms. The molecule has 0 aliphatic carbocycles. The van der Waals surface area contributed by atoms with E-state index in [0.29, 0.717) is 30.8 Å². The molecule has 2 aromatic carbocycles. The number of rotatable bonds is 7. The second-order valence-electron chi connectivity index (χ2n) is 6.76. The highest BCUT2D eigenvalue weighted by Crippen LogP contribution is 2.36. The van der Waals surface area contributed by atoms with Crippen LogP contribution in [0.15, 0.2) is 53.4 Å². The molecule has 1 heterocycles. The lowest BCUT2D eigenvalue weighted by Crippen LogP contribution is -2.36. The molecular formula is C20H25N3O3S. The number of fused-ring (bicyclic) bond motifs is 1. The molecule has 0 bridgehead atoms. The lowest BCUT2D eigenvalue weighted by molar-refractivity contribution is 0.0953. The Kier molecular flexibility index (Phi) is 5.82. The minimum absolute atomic E-state index is 0.126. The molecule has 1 aliphatic rings. The van der Waals surface area contributed by atoms with E-state index in [-0.39, 0.29) is 16.8 Å². The first-order valence-electron chi connectivity index (χ1n) is 9.16. The number of unbranched alkanes of at least 4 members (excludes halogenated alkanes) is 1. The first kappa shape index (κ1) is 19.4. The Balaban J connectivity index is 1.85. The summed E-state index contributed by atoms with van der Waals surface area (Å²) >= 11 is 0. The number of carbonyl (C=O) groups excluding carboxylic acids is 1. The topological polar surface area (TPSA) is 92.5 Å². The van der Waals surface area contributed by atoms with Gasteiger partial charge in [-0.3, -0.25) is 9.10 Å².